The van der Waals surface area contributed by atoms with Gasteiger partial charge in [-0.3, -0.25) is 0 Å². The van der Waals surface area contributed by atoms with E-state index in [-0.39, 0.29) is 21.2 Å². The highest BCUT2D eigenvalue weighted by molar-refractivity contribution is 6.50. The lowest BCUT2D eigenvalue weighted by atomic mass is 10.3. The van der Waals surface area contributed by atoms with Crippen LogP contribution in [0.3, 0.4) is 0 Å². The minimum atomic E-state index is -6.00. The second kappa shape index (κ2) is 8.09. The van der Waals surface area contributed by atoms with E-state index in [0.29, 0.717) is 0 Å². The Labute approximate surface area is 134 Å². The summed E-state index contributed by atoms with van der Waals surface area (Å²) in [5.74, 6) is 0. The van der Waals surface area contributed by atoms with Gasteiger partial charge in [0.2, 0.25) is 0 Å². The van der Waals surface area contributed by atoms with E-state index in [1.165, 1.54) is 7.14 Å². The maximum atomic E-state index is 9.75. The van der Waals surface area contributed by atoms with Crippen molar-refractivity contribution in [3.05, 3.63) is 65.7 Å². The fraction of sp³-hybridized carbons (Fsp3) is 0. The Kier molecular flexibility index (Phi) is 7.12. The summed E-state index contributed by atoms with van der Waals surface area (Å²) >= 11 is 11.5. The van der Waals surface area contributed by atoms with Gasteiger partial charge in [0.1, 0.15) is 0 Å². The van der Waals surface area contributed by atoms with E-state index in [2.05, 4.69) is 24.3 Å². The van der Waals surface area contributed by atoms with Gasteiger partial charge < -0.3 is 17.3 Å². The minimum Gasteiger partial charge on any atom is -0.418 e. The first kappa shape index (κ1) is 17.6. The quantitative estimate of drug-likeness (QED) is 0.385. The summed E-state index contributed by atoms with van der Waals surface area (Å²) in [7, 11) is -6.00. The molecule has 0 amide bonds. The maximum Gasteiger partial charge on any atom is 0.673 e. The molecule has 0 aliphatic rings. The molecule has 108 valence electrons. The van der Waals surface area contributed by atoms with Crippen LogP contribution in [-0.4, -0.2) is 7.25 Å². The Morgan fingerprint density at radius 2 is 0.900 bits per heavy atom. The third kappa shape index (κ3) is 8.66. The van der Waals surface area contributed by atoms with Gasteiger partial charge in [0.15, 0.2) is 7.14 Å². The van der Waals surface area contributed by atoms with Gasteiger partial charge in [-0.2, -0.15) is 0 Å². The first-order valence-electron chi connectivity index (χ1n) is 5.27. The van der Waals surface area contributed by atoms with Crippen LogP contribution in [-0.2, 0) is 0 Å². The summed E-state index contributed by atoms with van der Waals surface area (Å²) < 4.78 is 41.7. The molecule has 0 radical (unpaired) electrons. The summed E-state index contributed by atoms with van der Waals surface area (Å²) in [5.41, 5.74) is 0. The first-order valence-corrected chi connectivity index (χ1v) is 8.18. The summed E-state index contributed by atoms with van der Waals surface area (Å²) in [6, 6.07) is 16.1. The lowest BCUT2D eigenvalue weighted by Gasteiger charge is -1.94. The van der Waals surface area contributed by atoms with Crippen molar-refractivity contribution in [3.8, 4) is 0 Å². The number of hydrogen-bond donors (Lipinski definition) is 0. The van der Waals surface area contributed by atoms with E-state index in [1.807, 2.05) is 24.3 Å². The molecule has 0 fully saturated rings. The van der Waals surface area contributed by atoms with Crippen LogP contribution in [0.1, 0.15) is 0 Å². The Morgan fingerprint density at radius 1 is 0.650 bits per heavy atom. The van der Waals surface area contributed by atoms with Gasteiger partial charge in [-0.1, -0.05) is 23.2 Å². The van der Waals surface area contributed by atoms with Crippen molar-refractivity contribution in [3.63, 3.8) is 0 Å². The van der Waals surface area contributed by atoms with Crippen LogP contribution in [0.5, 0.6) is 0 Å². The SMILES string of the molecule is Clc1ccc([I+]c2ccc(Cl)cc2)cc1.F[B-](F)(F)F. The molecule has 8 heteroatoms. The highest BCUT2D eigenvalue weighted by Gasteiger charge is 2.20. The first-order chi connectivity index (χ1) is 9.24. The van der Waals surface area contributed by atoms with Crippen molar-refractivity contribution in [1.29, 1.82) is 0 Å². The molecule has 0 aliphatic carbocycles. The second-order valence-corrected chi connectivity index (χ2v) is 7.37. The molecule has 0 saturated carbocycles. The molecule has 0 spiro atoms. The van der Waals surface area contributed by atoms with Crippen molar-refractivity contribution in [1.82, 2.24) is 0 Å². The molecular weight excluding hydrogens is 429 g/mol. The standard InChI is InChI=1S/C12H8Cl2I.BF4/c13-9-1-5-11(6-2-9)15-12-7-3-10(14)4-8-12;2-1(3,4)5/h1-8H;/q+1;-1. The van der Waals surface area contributed by atoms with Crippen LogP contribution in [0.4, 0.5) is 17.3 Å². The van der Waals surface area contributed by atoms with E-state index in [0.717, 1.165) is 10.0 Å². The highest BCUT2D eigenvalue weighted by Crippen LogP contribution is 2.07. The van der Waals surface area contributed by atoms with Gasteiger partial charge in [0.25, 0.3) is 0 Å². The fourth-order valence-electron chi connectivity index (χ4n) is 1.11. The van der Waals surface area contributed by atoms with E-state index in [4.69, 9.17) is 23.2 Å². The third-order valence-corrected chi connectivity index (χ3v) is 5.01. The Morgan fingerprint density at radius 3 is 1.15 bits per heavy atom. The minimum absolute atomic E-state index is 0.114. The maximum absolute atomic E-state index is 9.75. The van der Waals surface area contributed by atoms with Crippen molar-refractivity contribution in [2.75, 3.05) is 0 Å². The zero-order valence-electron chi connectivity index (χ0n) is 9.84. The summed E-state index contributed by atoms with van der Waals surface area (Å²) in [6.45, 7) is 0. The highest BCUT2D eigenvalue weighted by atomic mass is 127. The van der Waals surface area contributed by atoms with Gasteiger partial charge in [-0.25, -0.2) is 0 Å². The molecule has 2 rings (SSSR count). The van der Waals surface area contributed by atoms with E-state index >= 15 is 0 Å². The van der Waals surface area contributed by atoms with Crippen LogP contribution in [0.2, 0.25) is 10.0 Å². The van der Waals surface area contributed by atoms with Crippen LogP contribution >= 0.6 is 23.2 Å². The number of halogens is 7. The largest absolute Gasteiger partial charge is 0.673 e. The third-order valence-electron chi connectivity index (χ3n) is 1.83. The topological polar surface area (TPSA) is 0 Å². The molecule has 0 saturated heterocycles. The Bertz CT molecular complexity index is 479. The van der Waals surface area contributed by atoms with Gasteiger partial charge in [0.05, 0.1) is 0 Å². The smallest absolute Gasteiger partial charge is 0.418 e. The van der Waals surface area contributed by atoms with E-state index in [1.54, 1.807) is 0 Å². The molecule has 0 nitrogen and oxygen atoms in total. The summed E-state index contributed by atoms with van der Waals surface area (Å²) in [5, 5.41) is 1.58. The summed E-state index contributed by atoms with van der Waals surface area (Å²) in [6.07, 6.45) is 0. The molecule has 0 aromatic heterocycles. The van der Waals surface area contributed by atoms with Crippen LogP contribution in [0, 0.1) is 7.14 Å². The number of hydrogen-bond acceptors (Lipinski definition) is 0. The van der Waals surface area contributed by atoms with Crippen molar-refractivity contribution in [2.45, 2.75) is 0 Å². The van der Waals surface area contributed by atoms with Crippen molar-refractivity contribution < 1.29 is 38.5 Å². The average molecular weight is 437 g/mol. The van der Waals surface area contributed by atoms with E-state index in [9.17, 15) is 17.3 Å². The zero-order chi connectivity index (χ0) is 15.2. The molecule has 0 aliphatic heterocycles. The molecule has 20 heavy (non-hydrogen) atoms. The molecule has 0 atom stereocenters. The van der Waals surface area contributed by atoms with Gasteiger partial charge in [-0.05, 0) is 48.5 Å². The zero-order valence-corrected chi connectivity index (χ0v) is 13.5. The normalized spacial score (nSPS) is 10.7. The molecule has 2 aromatic rings. The Balaban J connectivity index is 0.000000347. The van der Waals surface area contributed by atoms with Crippen LogP contribution in [0.15, 0.2) is 48.5 Å². The van der Waals surface area contributed by atoms with Crippen molar-refractivity contribution >= 4 is 30.5 Å². The van der Waals surface area contributed by atoms with Crippen LogP contribution < -0.4 is 21.2 Å². The number of benzene rings is 2. The molecule has 2 aromatic carbocycles. The average Bonchev–Trinajstić information content (AvgIpc) is 2.33. The summed E-state index contributed by atoms with van der Waals surface area (Å²) in [4.78, 5) is 0. The molecule has 0 N–H and O–H groups in total. The van der Waals surface area contributed by atoms with Gasteiger partial charge in [0, 0.05) is 10.0 Å². The number of rotatable bonds is 2. The molecular formula is C12H8BCl2F4I. The predicted molar refractivity (Wildman–Crippen MR) is 70.5 cm³/mol. The molecule has 0 heterocycles. The Hall–Kier alpha value is -0.465. The van der Waals surface area contributed by atoms with Gasteiger partial charge >= 0.3 is 28.5 Å². The lowest BCUT2D eigenvalue weighted by molar-refractivity contribution is -0.597. The molecule has 0 bridgehead atoms. The van der Waals surface area contributed by atoms with Crippen LogP contribution in [0.25, 0.3) is 0 Å². The monoisotopic (exact) mass is 436 g/mol. The molecule has 0 unspecified atom stereocenters. The fourth-order valence-corrected chi connectivity index (χ4v) is 3.52. The lowest BCUT2D eigenvalue weighted by Crippen LogP contribution is -3.61. The van der Waals surface area contributed by atoms with Gasteiger partial charge in [-0.15, -0.1) is 0 Å². The predicted octanol–water partition coefficient (Wildman–Crippen LogP) is 2.42. The van der Waals surface area contributed by atoms with Crippen molar-refractivity contribution in [2.24, 2.45) is 0 Å². The van der Waals surface area contributed by atoms with E-state index < -0.39 is 7.25 Å². The second-order valence-electron chi connectivity index (χ2n) is 3.46.